The summed E-state index contributed by atoms with van der Waals surface area (Å²) in [6.45, 7) is 4.87. The quantitative estimate of drug-likeness (QED) is 0.736. The van der Waals surface area contributed by atoms with Crippen LogP contribution in [0.4, 0.5) is 5.13 Å². The zero-order chi connectivity index (χ0) is 19.7. The minimum absolute atomic E-state index is 0.118. The van der Waals surface area contributed by atoms with E-state index in [1.54, 1.807) is 14.0 Å². The van der Waals surface area contributed by atoms with E-state index in [0.29, 0.717) is 36.1 Å². The monoisotopic (exact) mass is 414 g/mol. The van der Waals surface area contributed by atoms with Crippen LogP contribution in [-0.4, -0.2) is 57.1 Å². The molecular weight excluding hydrogens is 392 g/mol. The van der Waals surface area contributed by atoms with Crippen molar-refractivity contribution in [2.75, 3.05) is 25.1 Å². The molecule has 11 heteroatoms. The average molecular weight is 415 g/mol. The highest BCUT2D eigenvalue weighted by Gasteiger charge is 2.36. The Morgan fingerprint density at radius 3 is 2.81 bits per heavy atom. The second-order valence-electron chi connectivity index (χ2n) is 6.44. The van der Waals surface area contributed by atoms with Crippen molar-refractivity contribution in [1.29, 1.82) is 0 Å². The Kier molecular flexibility index (Phi) is 5.99. The number of aliphatic hydroxyl groups excluding tert-OH is 1. The van der Waals surface area contributed by atoms with E-state index in [2.05, 4.69) is 20.1 Å². The summed E-state index contributed by atoms with van der Waals surface area (Å²) in [7, 11) is 1.64. The fourth-order valence-electron chi connectivity index (χ4n) is 3.41. The predicted octanol–water partition coefficient (Wildman–Crippen LogP) is 1.57. The second kappa shape index (κ2) is 8.09. The van der Waals surface area contributed by atoms with Crippen LogP contribution < -0.4 is 10.6 Å². The highest BCUT2D eigenvalue weighted by atomic mass is 35.5. The number of anilines is 1. The largest absolute Gasteiger partial charge is 0.386 e. The third-order valence-corrected chi connectivity index (χ3v) is 6.19. The van der Waals surface area contributed by atoms with Gasteiger partial charge in [-0.3, -0.25) is 4.79 Å². The zero-order valence-electron chi connectivity index (χ0n) is 15.4. The van der Waals surface area contributed by atoms with Crippen LogP contribution in [-0.2, 0) is 11.2 Å². The first-order chi connectivity index (χ1) is 12.9. The molecule has 0 unspecified atom stereocenters. The number of ether oxygens (including phenoxy) is 1. The maximum atomic E-state index is 11.9. The SMILES string of the molecule is CCc1c(Cl)nc(C(N)=O)n1[C@@H]1CCN(c2nnc([C@@H](C)O)s2)C[C@@H]1OC. The van der Waals surface area contributed by atoms with E-state index in [1.807, 2.05) is 11.5 Å². The van der Waals surface area contributed by atoms with Crippen molar-refractivity contribution >= 4 is 34.0 Å². The van der Waals surface area contributed by atoms with Crippen molar-refractivity contribution in [3.8, 4) is 0 Å². The van der Waals surface area contributed by atoms with Crippen LogP contribution in [0.5, 0.6) is 0 Å². The molecule has 1 saturated heterocycles. The minimum Gasteiger partial charge on any atom is -0.386 e. The van der Waals surface area contributed by atoms with Crippen molar-refractivity contribution in [2.24, 2.45) is 5.73 Å². The van der Waals surface area contributed by atoms with Crippen LogP contribution in [0.2, 0.25) is 5.15 Å². The predicted molar refractivity (Wildman–Crippen MR) is 102 cm³/mol. The molecule has 2 aromatic rings. The van der Waals surface area contributed by atoms with E-state index in [0.717, 1.165) is 10.8 Å². The first-order valence-electron chi connectivity index (χ1n) is 8.72. The maximum absolute atomic E-state index is 11.9. The molecule has 3 atom stereocenters. The molecule has 3 heterocycles. The maximum Gasteiger partial charge on any atom is 0.284 e. The number of carbonyl (C=O) groups is 1. The van der Waals surface area contributed by atoms with Crippen LogP contribution in [0.15, 0.2) is 0 Å². The minimum atomic E-state index is -0.648. The van der Waals surface area contributed by atoms with Crippen molar-refractivity contribution in [2.45, 2.75) is 44.9 Å². The number of piperidine rings is 1. The number of rotatable bonds is 6. The summed E-state index contributed by atoms with van der Waals surface area (Å²) in [6.07, 6.45) is 0.461. The van der Waals surface area contributed by atoms with Gasteiger partial charge in [-0.1, -0.05) is 29.9 Å². The van der Waals surface area contributed by atoms with Crippen LogP contribution >= 0.6 is 22.9 Å². The first kappa shape index (κ1) is 20.0. The molecule has 3 rings (SSSR count). The van der Waals surface area contributed by atoms with Crippen LogP contribution in [0.25, 0.3) is 0 Å². The summed E-state index contributed by atoms with van der Waals surface area (Å²) in [5, 5.41) is 19.5. The van der Waals surface area contributed by atoms with Gasteiger partial charge in [0.2, 0.25) is 11.0 Å². The number of carbonyl (C=O) groups excluding carboxylic acids is 1. The van der Waals surface area contributed by atoms with Crippen LogP contribution in [0.3, 0.4) is 0 Å². The lowest BCUT2D eigenvalue weighted by Gasteiger charge is -2.39. The number of methoxy groups -OCH3 is 1. The van der Waals surface area contributed by atoms with Gasteiger partial charge in [-0.2, -0.15) is 0 Å². The van der Waals surface area contributed by atoms with E-state index in [4.69, 9.17) is 22.1 Å². The summed E-state index contributed by atoms with van der Waals surface area (Å²) in [5.41, 5.74) is 6.30. The molecule has 1 amide bonds. The fourth-order valence-corrected chi connectivity index (χ4v) is 4.53. The summed E-state index contributed by atoms with van der Waals surface area (Å²) >= 11 is 7.59. The van der Waals surface area contributed by atoms with Crippen molar-refractivity contribution in [1.82, 2.24) is 19.7 Å². The summed E-state index contributed by atoms with van der Waals surface area (Å²) < 4.78 is 7.56. The molecule has 2 aromatic heterocycles. The fraction of sp³-hybridized carbons (Fsp3) is 0.625. The number of aliphatic hydroxyl groups is 1. The van der Waals surface area contributed by atoms with Gasteiger partial charge in [0.1, 0.15) is 11.1 Å². The number of hydrogen-bond donors (Lipinski definition) is 2. The highest BCUT2D eigenvalue weighted by Crippen LogP contribution is 2.34. The number of amides is 1. The number of nitrogens with two attached hydrogens (primary N) is 1. The number of imidazole rings is 1. The van der Waals surface area contributed by atoms with Gasteiger partial charge in [0.05, 0.1) is 17.8 Å². The molecule has 3 N–H and O–H groups in total. The van der Waals surface area contributed by atoms with Crippen LogP contribution in [0, 0.1) is 0 Å². The Morgan fingerprint density at radius 1 is 1.52 bits per heavy atom. The Morgan fingerprint density at radius 2 is 2.26 bits per heavy atom. The summed E-state index contributed by atoms with van der Waals surface area (Å²) in [4.78, 5) is 18.1. The molecule has 27 heavy (non-hydrogen) atoms. The molecule has 0 aliphatic carbocycles. The smallest absolute Gasteiger partial charge is 0.284 e. The Balaban J connectivity index is 1.88. The Hall–Kier alpha value is -1.75. The van der Waals surface area contributed by atoms with Crippen molar-refractivity contribution in [3.05, 3.63) is 21.7 Å². The molecule has 0 aromatic carbocycles. The van der Waals surface area contributed by atoms with Gasteiger partial charge < -0.3 is 25.0 Å². The number of halogens is 1. The van der Waals surface area contributed by atoms with Crippen LogP contribution in [0.1, 0.15) is 53.7 Å². The summed E-state index contributed by atoms with van der Waals surface area (Å²) in [5.74, 6) is -0.454. The van der Waals surface area contributed by atoms with Gasteiger partial charge in [0.25, 0.3) is 5.91 Å². The molecule has 9 nitrogen and oxygen atoms in total. The van der Waals surface area contributed by atoms with Gasteiger partial charge in [0, 0.05) is 20.2 Å². The highest BCUT2D eigenvalue weighted by molar-refractivity contribution is 7.15. The normalized spacial score (nSPS) is 21.4. The van der Waals surface area contributed by atoms with Gasteiger partial charge >= 0.3 is 0 Å². The van der Waals surface area contributed by atoms with Gasteiger partial charge in [-0.25, -0.2) is 4.98 Å². The molecule has 0 spiro atoms. The van der Waals surface area contributed by atoms with E-state index in [-0.39, 0.29) is 18.0 Å². The lowest BCUT2D eigenvalue weighted by atomic mass is 10.0. The second-order valence-corrected chi connectivity index (χ2v) is 7.78. The molecule has 1 aliphatic rings. The average Bonchev–Trinajstić information content (AvgIpc) is 3.25. The number of nitrogens with zero attached hydrogens (tertiary/aromatic N) is 5. The number of aromatic nitrogens is 4. The topological polar surface area (TPSA) is 119 Å². The van der Waals surface area contributed by atoms with E-state index in [1.165, 1.54) is 11.3 Å². The number of primary amides is 1. The zero-order valence-corrected chi connectivity index (χ0v) is 17.0. The van der Waals surface area contributed by atoms with Gasteiger partial charge in [0.15, 0.2) is 5.15 Å². The molecule has 1 aliphatic heterocycles. The molecule has 0 saturated carbocycles. The van der Waals surface area contributed by atoms with Crippen molar-refractivity contribution < 1.29 is 14.6 Å². The lowest BCUT2D eigenvalue weighted by molar-refractivity contribution is 0.0451. The lowest BCUT2D eigenvalue weighted by Crippen LogP contribution is -2.46. The molecule has 148 valence electrons. The van der Waals surface area contributed by atoms with E-state index in [9.17, 15) is 9.90 Å². The molecule has 0 bridgehead atoms. The molecule has 1 fully saturated rings. The van der Waals surface area contributed by atoms with E-state index < -0.39 is 12.0 Å². The molecular formula is C16H23ClN6O3S. The first-order valence-corrected chi connectivity index (χ1v) is 9.92. The van der Waals surface area contributed by atoms with Gasteiger partial charge in [-0.05, 0) is 19.8 Å². The third kappa shape index (κ3) is 3.79. The molecule has 0 radical (unpaired) electrons. The van der Waals surface area contributed by atoms with Crippen molar-refractivity contribution in [3.63, 3.8) is 0 Å². The summed E-state index contributed by atoms with van der Waals surface area (Å²) in [6, 6.07) is -0.118. The number of hydrogen-bond acceptors (Lipinski definition) is 8. The third-order valence-electron chi connectivity index (χ3n) is 4.73. The van der Waals surface area contributed by atoms with Gasteiger partial charge in [-0.15, -0.1) is 10.2 Å². The van der Waals surface area contributed by atoms with E-state index >= 15 is 0 Å². The standard InChI is InChI=1S/C16H23ClN6O3S/c1-4-9-12(17)19-14(13(18)25)23(9)10-5-6-22(7-11(10)26-3)16-21-20-15(27-16)8(2)24/h8,10-11,24H,4-7H2,1-3H3,(H2,18,25)/t8-,10-,11+/m1/s1. The Labute approximate surface area is 166 Å². The Bertz CT molecular complexity index is 823.